The van der Waals surface area contributed by atoms with Gasteiger partial charge in [-0.15, -0.1) is 0 Å². The van der Waals surface area contributed by atoms with Crippen LogP contribution in [0.4, 0.5) is 0 Å². The third-order valence-electron chi connectivity index (χ3n) is 5.13. The minimum Gasteiger partial charge on any atom is -0.456 e. The lowest BCUT2D eigenvalue weighted by atomic mass is 9.90. The van der Waals surface area contributed by atoms with Crippen molar-refractivity contribution < 1.29 is 14.0 Å². The molecule has 1 aliphatic rings. The number of carbonyl (C=O) groups is 2. The van der Waals surface area contributed by atoms with E-state index in [4.69, 9.17) is 4.42 Å². The minimum absolute atomic E-state index is 0.221. The molecule has 0 spiro atoms. The summed E-state index contributed by atoms with van der Waals surface area (Å²) in [6.45, 7) is 2.39. The molecular weight excluding hydrogens is 338 g/mol. The lowest BCUT2D eigenvalue weighted by Crippen LogP contribution is -2.40. The first kappa shape index (κ1) is 15.8. The third-order valence-corrected chi connectivity index (χ3v) is 5.13. The Labute approximate surface area is 156 Å². The van der Waals surface area contributed by atoms with Crippen molar-refractivity contribution in [2.75, 3.05) is 6.54 Å². The van der Waals surface area contributed by atoms with Gasteiger partial charge in [-0.1, -0.05) is 37.3 Å². The van der Waals surface area contributed by atoms with Crippen LogP contribution < -0.4 is 0 Å². The molecule has 3 aromatic carbocycles. The zero-order valence-electron chi connectivity index (χ0n) is 14.9. The summed E-state index contributed by atoms with van der Waals surface area (Å²) in [5.41, 5.74) is 2.85. The molecule has 132 valence electrons. The monoisotopic (exact) mass is 355 g/mol. The fourth-order valence-electron chi connectivity index (χ4n) is 3.90. The molecule has 0 saturated heterocycles. The normalized spacial score (nSPS) is 13.7. The number of furan rings is 1. The van der Waals surface area contributed by atoms with E-state index in [0.717, 1.165) is 39.5 Å². The zero-order chi connectivity index (χ0) is 18.5. The number of nitrogens with zero attached hydrogens (tertiary/aromatic N) is 1. The van der Waals surface area contributed by atoms with E-state index < -0.39 is 0 Å². The molecule has 0 radical (unpaired) electrons. The predicted octanol–water partition coefficient (Wildman–Crippen LogP) is 5.26. The Kier molecular flexibility index (Phi) is 3.41. The van der Waals surface area contributed by atoms with Crippen LogP contribution in [0, 0.1) is 0 Å². The first-order valence-electron chi connectivity index (χ1n) is 9.10. The molecule has 2 amide bonds. The summed E-state index contributed by atoms with van der Waals surface area (Å²) in [5, 5.41) is 2.61. The van der Waals surface area contributed by atoms with Gasteiger partial charge in [-0.3, -0.25) is 14.5 Å². The number of amides is 2. The van der Waals surface area contributed by atoms with Crippen LogP contribution in [-0.4, -0.2) is 23.3 Å². The van der Waals surface area contributed by atoms with Crippen LogP contribution in [0.3, 0.4) is 0 Å². The van der Waals surface area contributed by atoms with E-state index in [-0.39, 0.29) is 11.8 Å². The lowest BCUT2D eigenvalue weighted by molar-refractivity contribution is 0.0610. The Balaban J connectivity index is 1.78. The van der Waals surface area contributed by atoms with Gasteiger partial charge in [-0.05, 0) is 42.1 Å². The molecule has 4 heteroatoms. The molecule has 0 fully saturated rings. The van der Waals surface area contributed by atoms with Gasteiger partial charge in [0.2, 0.25) is 0 Å². The maximum absolute atomic E-state index is 12.9. The van der Waals surface area contributed by atoms with Gasteiger partial charge in [0.25, 0.3) is 11.8 Å². The lowest BCUT2D eigenvalue weighted by Gasteiger charge is -2.27. The largest absolute Gasteiger partial charge is 0.456 e. The second kappa shape index (κ2) is 5.81. The number of hydrogen-bond donors (Lipinski definition) is 0. The topological polar surface area (TPSA) is 50.5 Å². The highest BCUT2D eigenvalue weighted by Crippen LogP contribution is 2.38. The second-order valence-corrected chi connectivity index (χ2v) is 6.80. The summed E-state index contributed by atoms with van der Waals surface area (Å²) in [4.78, 5) is 27.1. The molecule has 0 atom stereocenters. The second-order valence-electron chi connectivity index (χ2n) is 6.80. The SMILES string of the molecule is CCCN1C(=O)c2cccc3c(-c4cc5ccccc5o4)ccc(c23)C1=O. The Morgan fingerprint density at radius 2 is 1.59 bits per heavy atom. The van der Waals surface area contributed by atoms with Crippen molar-refractivity contribution >= 4 is 33.6 Å². The highest BCUT2D eigenvalue weighted by molar-refractivity contribution is 6.26. The van der Waals surface area contributed by atoms with E-state index in [2.05, 4.69) is 0 Å². The van der Waals surface area contributed by atoms with Crippen molar-refractivity contribution in [3.05, 3.63) is 71.8 Å². The molecule has 27 heavy (non-hydrogen) atoms. The van der Waals surface area contributed by atoms with Gasteiger partial charge in [0, 0.05) is 34.0 Å². The van der Waals surface area contributed by atoms with Gasteiger partial charge >= 0.3 is 0 Å². The predicted molar refractivity (Wildman–Crippen MR) is 105 cm³/mol. The smallest absolute Gasteiger partial charge is 0.261 e. The molecular formula is C23H17NO3. The number of fused-ring (bicyclic) bond motifs is 1. The molecule has 0 bridgehead atoms. The molecule has 4 nitrogen and oxygen atoms in total. The van der Waals surface area contributed by atoms with Crippen LogP contribution in [0.25, 0.3) is 33.1 Å². The number of hydrogen-bond acceptors (Lipinski definition) is 3. The number of imide groups is 1. The fraction of sp³-hybridized carbons (Fsp3) is 0.130. The molecule has 2 heterocycles. The van der Waals surface area contributed by atoms with Gasteiger partial charge < -0.3 is 4.42 Å². The van der Waals surface area contributed by atoms with Gasteiger partial charge in [-0.2, -0.15) is 0 Å². The van der Waals surface area contributed by atoms with Crippen LogP contribution in [0.15, 0.2) is 65.1 Å². The van der Waals surface area contributed by atoms with Crippen molar-refractivity contribution in [2.24, 2.45) is 0 Å². The van der Waals surface area contributed by atoms with Crippen molar-refractivity contribution in [3.63, 3.8) is 0 Å². The minimum atomic E-state index is -0.221. The summed E-state index contributed by atoms with van der Waals surface area (Å²) in [6.07, 6.45) is 0.736. The summed E-state index contributed by atoms with van der Waals surface area (Å²) in [5.74, 6) is 0.291. The van der Waals surface area contributed by atoms with Crippen LogP contribution >= 0.6 is 0 Å². The van der Waals surface area contributed by atoms with E-state index in [9.17, 15) is 9.59 Å². The Morgan fingerprint density at radius 3 is 2.37 bits per heavy atom. The summed E-state index contributed by atoms with van der Waals surface area (Å²) in [6, 6.07) is 19.2. The molecule has 0 saturated carbocycles. The Bertz CT molecular complexity index is 1180. The molecule has 1 aromatic heterocycles. The first-order valence-corrected chi connectivity index (χ1v) is 9.10. The first-order chi connectivity index (χ1) is 13.2. The van der Waals surface area contributed by atoms with Crippen LogP contribution in [0.1, 0.15) is 34.1 Å². The zero-order valence-corrected chi connectivity index (χ0v) is 14.9. The van der Waals surface area contributed by atoms with E-state index in [1.807, 2.05) is 61.5 Å². The molecule has 1 aliphatic heterocycles. The summed E-state index contributed by atoms with van der Waals surface area (Å²) >= 11 is 0. The highest BCUT2D eigenvalue weighted by atomic mass is 16.3. The molecule has 0 unspecified atom stereocenters. The quantitative estimate of drug-likeness (QED) is 0.471. The van der Waals surface area contributed by atoms with Crippen molar-refractivity contribution in [2.45, 2.75) is 13.3 Å². The highest BCUT2D eigenvalue weighted by Gasteiger charge is 2.32. The van der Waals surface area contributed by atoms with Gasteiger partial charge in [0.15, 0.2) is 0 Å². The number of carbonyl (C=O) groups excluding carboxylic acids is 2. The van der Waals surface area contributed by atoms with E-state index >= 15 is 0 Å². The summed E-state index contributed by atoms with van der Waals surface area (Å²) < 4.78 is 6.03. The van der Waals surface area contributed by atoms with Gasteiger partial charge in [0.05, 0.1) is 0 Å². The average molecular weight is 355 g/mol. The average Bonchev–Trinajstić information content (AvgIpc) is 3.13. The van der Waals surface area contributed by atoms with Crippen LogP contribution in [-0.2, 0) is 0 Å². The number of rotatable bonds is 3. The third kappa shape index (κ3) is 2.23. The van der Waals surface area contributed by atoms with Crippen molar-refractivity contribution in [1.29, 1.82) is 0 Å². The van der Waals surface area contributed by atoms with Crippen LogP contribution in [0.2, 0.25) is 0 Å². The number of para-hydroxylation sites is 1. The van der Waals surface area contributed by atoms with Crippen LogP contribution in [0.5, 0.6) is 0 Å². The van der Waals surface area contributed by atoms with Crippen molar-refractivity contribution in [3.8, 4) is 11.3 Å². The molecule has 4 aromatic rings. The molecule has 0 aliphatic carbocycles. The maximum atomic E-state index is 12.9. The molecule has 5 rings (SSSR count). The van der Waals surface area contributed by atoms with E-state index in [1.165, 1.54) is 4.90 Å². The van der Waals surface area contributed by atoms with E-state index in [1.54, 1.807) is 6.07 Å². The number of benzene rings is 3. The standard InChI is InChI=1S/C23H17NO3/c1-2-12-24-22(25)17-8-5-7-16-15(10-11-18(21(16)17)23(24)26)20-13-14-6-3-4-9-19(14)27-20/h3-11,13H,2,12H2,1H3. The van der Waals surface area contributed by atoms with Gasteiger partial charge in [0.1, 0.15) is 11.3 Å². The van der Waals surface area contributed by atoms with Gasteiger partial charge in [-0.25, -0.2) is 0 Å². The van der Waals surface area contributed by atoms with Crippen molar-refractivity contribution in [1.82, 2.24) is 4.90 Å². The molecule has 0 N–H and O–H groups in total. The Hall–Kier alpha value is -3.40. The fourth-order valence-corrected chi connectivity index (χ4v) is 3.90. The van der Waals surface area contributed by atoms with E-state index in [0.29, 0.717) is 17.7 Å². The Morgan fingerprint density at radius 1 is 0.852 bits per heavy atom. The maximum Gasteiger partial charge on any atom is 0.261 e. The summed E-state index contributed by atoms with van der Waals surface area (Å²) in [7, 11) is 0.